The average molecular weight is 225 g/mol. The van der Waals surface area contributed by atoms with Gasteiger partial charge in [0, 0.05) is 23.8 Å². The number of anilines is 1. The highest BCUT2D eigenvalue weighted by Gasteiger charge is 2.25. The number of nitrogens with zero attached hydrogens (tertiary/aromatic N) is 1. The van der Waals surface area contributed by atoms with Gasteiger partial charge in [-0.25, -0.2) is 0 Å². The minimum absolute atomic E-state index is 0.100. The molecule has 80 valence electrons. The van der Waals surface area contributed by atoms with Gasteiger partial charge < -0.3 is 10.2 Å². The van der Waals surface area contributed by atoms with Crippen molar-refractivity contribution in [1.29, 1.82) is 0 Å². The third-order valence-electron chi connectivity index (χ3n) is 2.54. The van der Waals surface area contributed by atoms with Gasteiger partial charge in [-0.1, -0.05) is 17.7 Å². The van der Waals surface area contributed by atoms with Crippen LogP contribution >= 0.6 is 11.6 Å². The fourth-order valence-corrected chi connectivity index (χ4v) is 1.91. The van der Waals surface area contributed by atoms with Gasteiger partial charge in [-0.15, -0.1) is 0 Å². The van der Waals surface area contributed by atoms with E-state index in [4.69, 9.17) is 11.6 Å². The van der Waals surface area contributed by atoms with Crippen molar-refractivity contribution in [3.63, 3.8) is 0 Å². The fourth-order valence-electron chi connectivity index (χ4n) is 1.72. The molecule has 1 aromatic rings. The number of piperazine rings is 1. The lowest BCUT2D eigenvalue weighted by Crippen LogP contribution is -2.53. The second-order valence-electron chi connectivity index (χ2n) is 3.65. The first-order chi connectivity index (χ1) is 7.18. The Morgan fingerprint density at radius 3 is 3.07 bits per heavy atom. The van der Waals surface area contributed by atoms with Crippen LogP contribution < -0.4 is 10.2 Å². The largest absolute Gasteiger partial charge is 0.310 e. The number of benzene rings is 1. The van der Waals surface area contributed by atoms with Crippen molar-refractivity contribution in [2.45, 2.75) is 13.0 Å². The molecule has 1 aromatic carbocycles. The Kier molecular flexibility index (Phi) is 2.93. The monoisotopic (exact) mass is 224 g/mol. The number of amides is 1. The second-order valence-corrected chi connectivity index (χ2v) is 4.08. The van der Waals surface area contributed by atoms with E-state index in [0.717, 1.165) is 12.2 Å². The lowest BCUT2D eigenvalue weighted by molar-refractivity contribution is -0.121. The minimum Gasteiger partial charge on any atom is -0.310 e. The molecule has 2 rings (SSSR count). The van der Waals surface area contributed by atoms with E-state index in [1.165, 1.54) is 0 Å². The molecule has 1 saturated heterocycles. The van der Waals surface area contributed by atoms with Gasteiger partial charge in [-0.05, 0) is 25.1 Å². The zero-order valence-corrected chi connectivity index (χ0v) is 9.29. The van der Waals surface area contributed by atoms with E-state index in [0.29, 0.717) is 11.6 Å². The van der Waals surface area contributed by atoms with Gasteiger partial charge in [0.25, 0.3) is 0 Å². The predicted octanol–water partition coefficient (Wildman–Crippen LogP) is 1.66. The summed E-state index contributed by atoms with van der Waals surface area (Å²) in [5.41, 5.74) is 0.876. The molecule has 0 radical (unpaired) electrons. The molecule has 15 heavy (non-hydrogen) atoms. The predicted molar refractivity (Wildman–Crippen MR) is 61.3 cm³/mol. The third-order valence-corrected chi connectivity index (χ3v) is 2.78. The summed E-state index contributed by atoms with van der Waals surface area (Å²) in [6.07, 6.45) is 0. The van der Waals surface area contributed by atoms with E-state index < -0.39 is 0 Å². The van der Waals surface area contributed by atoms with Crippen LogP contribution in [0.4, 0.5) is 5.69 Å². The molecule has 0 aliphatic carbocycles. The second kappa shape index (κ2) is 4.21. The molecule has 1 aliphatic rings. The van der Waals surface area contributed by atoms with Crippen LogP contribution in [0.15, 0.2) is 24.3 Å². The van der Waals surface area contributed by atoms with Crippen molar-refractivity contribution in [1.82, 2.24) is 5.32 Å². The third kappa shape index (κ3) is 2.13. The highest BCUT2D eigenvalue weighted by Crippen LogP contribution is 2.21. The van der Waals surface area contributed by atoms with E-state index in [9.17, 15) is 4.79 Å². The summed E-state index contributed by atoms with van der Waals surface area (Å²) in [5.74, 6) is 0.100. The molecule has 1 aliphatic heterocycles. The Morgan fingerprint density at radius 2 is 2.33 bits per heavy atom. The Morgan fingerprint density at radius 1 is 1.53 bits per heavy atom. The molecule has 3 nitrogen and oxygen atoms in total. The molecule has 1 fully saturated rings. The summed E-state index contributed by atoms with van der Waals surface area (Å²) in [4.78, 5) is 13.6. The number of rotatable bonds is 1. The Bertz CT molecular complexity index is 381. The number of carbonyl (C=O) groups is 1. The zero-order chi connectivity index (χ0) is 10.8. The number of halogens is 1. The standard InChI is InChI=1S/C11H13ClN2O/c1-8-11(15)14(6-5-13-8)10-4-2-3-9(12)7-10/h2-4,7-8,13H,5-6H2,1H3. The molecule has 1 unspecified atom stereocenters. The van der Waals surface area contributed by atoms with E-state index in [-0.39, 0.29) is 11.9 Å². The van der Waals surface area contributed by atoms with E-state index in [1.54, 1.807) is 11.0 Å². The average Bonchev–Trinajstić information content (AvgIpc) is 2.22. The van der Waals surface area contributed by atoms with E-state index in [2.05, 4.69) is 5.32 Å². The summed E-state index contributed by atoms with van der Waals surface area (Å²) in [6.45, 7) is 3.39. The molecule has 4 heteroatoms. The topological polar surface area (TPSA) is 32.3 Å². The fraction of sp³-hybridized carbons (Fsp3) is 0.364. The molecule has 1 amide bonds. The Hall–Kier alpha value is -1.06. The van der Waals surface area contributed by atoms with Crippen LogP contribution in [0, 0.1) is 0 Å². The van der Waals surface area contributed by atoms with Gasteiger partial charge in [0.2, 0.25) is 5.91 Å². The normalized spacial score (nSPS) is 21.9. The lowest BCUT2D eigenvalue weighted by atomic mass is 10.2. The Balaban J connectivity index is 2.26. The van der Waals surface area contributed by atoms with E-state index >= 15 is 0 Å². The molecule has 1 N–H and O–H groups in total. The highest BCUT2D eigenvalue weighted by molar-refractivity contribution is 6.30. The van der Waals surface area contributed by atoms with Gasteiger partial charge in [-0.2, -0.15) is 0 Å². The lowest BCUT2D eigenvalue weighted by Gasteiger charge is -2.31. The maximum absolute atomic E-state index is 11.9. The molecule has 1 heterocycles. The van der Waals surface area contributed by atoms with Gasteiger partial charge in [0.05, 0.1) is 6.04 Å². The minimum atomic E-state index is -0.113. The highest BCUT2D eigenvalue weighted by atomic mass is 35.5. The number of hydrogen-bond acceptors (Lipinski definition) is 2. The quantitative estimate of drug-likeness (QED) is 0.787. The molecule has 0 spiro atoms. The maximum Gasteiger partial charge on any atom is 0.243 e. The van der Waals surface area contributed by atoms with Gasteiger partial charge in [-0.3, -0.25) is 4.79 Å². The zero-order valence-electron chi connectivity index (χ0n) is 8.53. The van der Waals surface area contributed by atoms with Gasteiger partial charge in [0.1, 0.15) is 0 Å². The molecular weight excluding hydrogens is 212 g/mol. The summed E-state index contributed by atoms with van der Waals surface area (Å²) >= 11 is 5.89. The molecular formula is C11H13ClN2O. The Labute approximate surface area is 94.0 Å². The van der Waals surface area contributed by atoms with Crippen molar-refractivity contribution in [3.05, 3.63) is 29.3 Å². The van der Waals surface area contributed by atoms with Crippen LogP contribution in [0.3, 0.4) is 0 Å². The van der Waals surface area contributed by atoms with Crippen LogP contribution in [0.2, 0.25) is 5.02 Å². The van der Waals surface area contributed by atoms with Crippen molar-refractivity contribution in [2.75, 3.05) is 18.0 Å². The van der Waals surface area contributed by atoms with Gasteiger partial charge >= 0.3 is 0 Å². The SMILES string of the molecule is CC1NCCN(c2cccc(Cl)c2)C1=O. The van der Waals surface area contributed by atoms with Crippen LogP contribution in [0.5, 0.6) is 0 Å². The molecule has 0 aromatic heterocycles. The van der Waals surface area contributed by atoms with Crippen LogP contribution in [0.1, 0.15) is 6.92 Å². The summed E-state index contributed by atoms with van der Waals surface area (Å²) in [7, 11) is 0. The first kappa shape index (κ1) is 10.5. The molecule has 0 saturated carbocycles. The van der Waals surface area contributed by atoms with Crippen molar-refractivity contribution < 1.29 is 4.79 Å². The molecule has 0 bridgehead atoms. The summed E-state index contributed by atoms with van der Waals surface area (Å²) in [5, 5.41) is 3.78. The summed E-state index contributed by atoms with van der Waals surface area (Å²) in [6, 6.07) is 7.27. The summed E-state index contributed by atoms with van der Waals surface area (Å²) < 4.78 is 0. The van der Waals surface area contributed by atoms with Crippen molar-refractivity contribution in [2.24, 2.45) is 0 Å². The van der Waals surface area contributed by atoms with Crippen molar-refractivity contribution >= 4 is 23.2 Å². The van der Waals surface area contributed by atoms with Gasteiger partial charge in [0.15, 0.2) is 0 Å². The first-order valence-corrected chi connectivity index (χ1v) is 5.36. The van der Waals surface area contributed by atoms with Crippen LogP contribution in [-0.4, -0.2) is 25.0 Å². The maximum atomic E-state index is 11.9. The van der Waals surface area contributed by atoms with Crippen LogP contribution in [0.25, 0.3) is 0 Å². The number of nitrogens with one attached hydrogen (secondary N) is 1. The first-order valence-electron chi connectivity index (χ1n) is 4.99. The number of carbonyl (C=O) groups excluding carboxylic acids is 1. The number of hydrogen-bond donors (Lipinski definition) is 1. The van der Waals surface area contributed by atoms with E-state index in [1.807, 2.05) is 25.1 Å². The van der Waals surface area contributed by atoms with Crippen LogP contribution in [-0.2, 0) is 4.79 Å². The molecule has 1 atom stereocenters. The smallest absolute Gasteiger partial charge is 0.243 e. The van der Waals surface area contributed by atoms with Crippen molar-refractivity contribution in [3.8, 4) is 0 Å².